The van der Waals surface area contributed by atoms with Crippen LogP contribution in [0.3, 0.4) is 0 Å². The second kappa shape index (κ2) is 9.22. The lowest BCUT2D eigenvalue weighted by Gasteiger charge is -2.13. The first-order chi connectivity index (χ1) is 15.1. The van der Waals surface area contributed by atoms with Crippen LogP contribution in [0.25, 0.3) is 11.0 Å². The highest BCUT2D eigenvalue weighted by atomic mass is 16.5. The normalized spacial score (nSPS) is 15.7. The Morgan fingerprint density at radius 3 is 2.65 bits per heavy atom. The Morgan fingerprint density at radius 1 is 1.19 bits per heavy atom. The minimum Gasteiger partial charge on any atom is -0.496 e. The SMILES string of the molecule is CCCc1c(OC)ccc2cc(C(=O)Nc3ccc(NC4CCNC4)cc3)c(=O)oc12. The average molecular weight is 421 g/mol. The molecule has 4 rings (SSSR count). The fourth-order valence-electron chi connectivity index (χ4n) is 3.92. The summed E-state index contributed by atoms with van der Waals surface area (Å²) in [5, 5.41) is 10.3. The van der Waals surface area contributed by atoms with Crippen molar-refractivity contribution >= 4 is 28.3 Å². The van der Waals surface area contributed by atoms with Crippen molar-refractivity contribution in [3.8, 4) is 5.75 Å². The number of carbonyl (C=O) groups excluding carboxylic acids is 1. The summed E-state index contributed by atoms with van der Waals surface area (Å²) in [4.78, 5) is 25.3. The number of benzene rings is 2. The molecule has 162 valence electrons. The molecule has 0 radical (unpaired) electrons. The highest BCUT2D eigenvalue weighted by Crippen LogP contribution is 2.29. The monoisotopic (exact) mass is 421 g/mol. The maximum atomic E-state index is 12.8. The van der Waals surface area contributed by atoms with Gasteiger partial charge in [0.15, 0.2) is 0 Å². The molecule has 2 heterocycles. The number of amides is 1. The van der Waals surface area contributed by atoms with Gasteiger partial charge in [0.25, 0.3) is 5.91 Å². The number of anilines is 2. The van der Waals surface area contributed by atoms with Gasteiger partial charge in [-0.2, -0.15) is 0 Å². The number of fused-ring (bicyclic) bond motifs is 1. The van der Waals surface area contributed by atoms with Crippen LogP contribution in [0.4, 0.5) is 11.4 Å². The van der Waals surface area contributed by atoms with E-state index >= 15 is 0 Å². The molecule has 0 aliphatic carbocycles. The number of aryl methyl sites for hydroxylation is 1. The van der Waals surface area contributed by atoms with E-state index in [4.69, 9.17) is 9.15 Å². The molecule has 2 aromatic carbocycles. The minimum absolute atomic E-state index is 0.0284. The topological polar surface area (TPSA) is 92.6 Å². The Kier molecular flexibility index (Phi) is 6.23. The lowest BCUT2D eigenvalue weighted by molar-refractivity contribution is 0.102. The van der Waals surface area contributed by atoms with E-state index in [2.05, 4.69) is 16.0 Å². The van der Waals surface area contributed by atoms with Crippen molar-refractivity contribution in [1.29, 1.82) is 0 Å². The van der Waals surface area contributed by atoms with Crippen molar-refractivity contribution in [1.82, 2.24) is 5.32 Å². The maximum Gasteiger partial charge on any atom is 0.349 e. The second-order valence-electron chi connectivity index (χ2n) is 7.73. The Morgan fingerprint density at radius 2 is 1.97 bits per heavy atom. The molecule has 31 heavy (non-hydrogen) atoms. The van der Waals surface area contributed by atoms with E-state index < -0.39 is 11.5 Å². The third-order valence-corrected chi connectivity index (χ3v) is 5.50. The Balaban J connectivity index is 1.54. The van der Waals surface area contributed by atoms with Gasteiger partial charge in [0.1, 0.15) is 16.9 Å². The second-order valence-corrected chi connectivity index (χ2v) is 7.73. The van der Waals surface area contributed by atoms with E-state index in [0.717, 1.165) is 37.2 Å². The van der Waals surface area contributed by atoms with Gasteiger partial charge in [-0.1, -0.05) is 13.3 Å². The number of methoxy groups -OCH3 is 1. The summed E-state index contributed by atoms with van der Waals surface area (Å²) in [5.41, 5.74) is 2.23. The molecule has 1 fully saturated rings. The summed E-state index contributed by atoms with van der Waals surface area (Å²) in [7, 11) is 1.59. The van der Waals surface area contributed by atoms with Crippen molar-refractivity contribution in [3.05, 3.63) is 64.0 Å². The van der Waals surface area contributed by atoms with E-state index in [0.29, 0.717) is 34.9 Å². The Bertz CT molecular complexity index is 1130. The fourth-order valence-corrected chi connectivity index (χ4v) is 3.92. The quantitative estimate of drug-likeness (QED) is 0.503. The molecule has 1 atom stereocenters. The molecule has 7 heteroatoms. The highest BCUT2D eigenvalue weighted by molar-refractivity contribution is 6.05. The summed E-state index contributed by atoms with van der Waals surface area (Å²) in [6, 6.07) is 13.1. The maximum absolute atomic E-state index is 12.8. The largest absolute Gasteiger partial charge is 0.496 e. The first-order valence-electron chi connectivity index (χ1n) is 10.6. The smallest absolute Gasteiger partial charge is 0.349 e. The molecule has 7 nitrogen and oxygen atoms in total. The van der Waals surface area contributed by atoms with Gasteiger partial charge >= 0.3 is 5.63 Å². The van der Waals surface area contributed by atoms with Crippen LogP contribution in [0.5, 0.6) is 5.75 Å². The fraction of sp³-hybridized carbons (Fsp3) is 0.333. The molecule has 0 saturated carbocycles. The number of carbonyl (C=O) groups is 1. The van der Waals surface area contributed by atoms with Crippen LogP contribution >= 0.6 is 0 Å². The number of nitrogens with one attached hydrogen (secondary N) is 3. The van der Waals surface area contributed by atoms with Gasteiger partial charge in [-0.25, -0.2) is 4.79 Å². The van der Waals surface area contributed by atoms with E-state index in [1.807, 2.05) is 37.3 Å². The highest BCUT2D eigenvalue weighted by Gasteiger charge is 2.18. The van der Waals surface area contributed by atoms with Crippen LogP contribution in [-0.2, 0) is 6.42 Å². The molecule has 1 unspecified atom stereocenters. The first kappa shape index (κ1) is 20.9. The van der Waals surface area contributed by atoms with Crippen molar-refractivity contribution < 1.29 is 13.9 Å². The van der Waals surface area contributed by atoms with E-state index in [-0.39, 0.29) is 5.56 Å². The van der Waals surface area contributed by atoms with E-state index in [9.17, 15) is 9.59 Å². The summed E-state index contributed by atoms with van der Waals surface area (Å²) in [6.45, 7) is 4.01. The molecule has 1 saturated heterocycles. The first-order valence-corrected chi connectivity index (χ1v) is 10.6. The number of ether oxygens (including phenoxy) is 1. The molecule has 3 aromatic rings. The van der Waals surface area contributed by atoms with Crippen molar-refractivity contribution in [2.24, 2.45) is 0 Å². The number of hydrogen-bond donors (Lipinski definition) is 3. The third kappa shape index (κ3) is 4.56. The summed E-state index contributed by atoms with van der Waals surface area (Å²) < 4.78 is 11.0. The van der Waals surface area contributed by atoms with Crippen LogP contribution in [0.1, 0.15) is 35.7 Å². The van der Waals surface area contributed by atoms with Crippen LogP contribution in [-0.4, -0.2) is 32.1 Å². The molecule has 3 N–H and O–H groups in total. The summed E-state index contributed by atoms with van der Waals surface area (Å²) in [5.74, 6) is 0.181. The Hall–Kier alpha value is -3.32. The summed E-state index contributed by atoms with van der Waals surface area (Å²) >= 11 is 0. The molecule has 0 bridgehead atoms. The average Bonchev–Trinajstić information content (AvgIpc) is 3.28. The Labute approximate surface area is 180 Å². The predicted octanol–water partition coefficient (Wildman–Crippen LogP) is 3.78. The molecule has 1 aliphatic heterocycles. The standard InChI is InChI=1S/C24H27N3O4/c1-3-4-19-21(30-2)10-5-15-13-20(24(29)31-22(15)19)23(28)27-17-8-6-16(7-9-17)26-18-11-12-25-14-18/h5-10,13,18,25-26H,3-4,11-12,14H2,1-2H3,(H,27,28). The zero-order chi connectivity index (χ0) is 21.8. The molecule has 0 spiro atoms. The van der Waals surface area contributed by atoms with Crippen LogP contribution in [0.2, 0.25) is 0 Å². The molecular formula is C24H27N3O4. The van der Waals surface area contributed by atoms with E-state index in [1.54, 1.807) is 19.2 Å². The van der Waals surface area contributed by atoms with Gasteiger partial charge in [0, 0.05) is 34.9 Å². The zero-order valence-electron chi connectivity index (χ0n) is 17.8. The van der Waals surface area contributed by atoms with Crippen molar-refractivity contribution in [2.75, 3.05) is 30.8 Å². The van der Waals surface area contributed by atoms with Crippen LogP contribution in [0, 0.1) is 0 Å². The zero-order valence-corrected chi connectivity index (χ0v) is 17.8. The van der Waals surface area contributed by atoms with Gasteiger partial charge in [0.2, 0.25) is 0 Å². The van der Waals surface area contributed by atoms with Crippen LogP contribution < -0.4 is 26.3 Å². The minimum atomic E-state index is -0.664. The van der Waals surface area contributed by atoms with Gasteiger partial charge in [0.05, 0.1) is 7.11 Å². The molecule has 1 aliphatic rings. The number of hydrogen-bond acceptors (Lipinski definition) is 6. The summed E-state index contributed by atoms with van der Waals surface area (Å²) in [6.07, 6.45) is 2.68. The van der Waals surface area contributed by atoms with Gasteiger partial charge < -0.3 is 25.1 Å². The lowest BCUT2D eigenvalue weighted by atomic mass is 10.0. The predicted molar refractivity (Wildman–Crippen MR) is 122 cm³/mol. The molecule has 1 aromatic heterocycles. The van der Waals surface area contributed by atoms with Gasteiger partial charge in [-0.15, -0.1) is 0 Å². The lowest BCUT2D eigenvalue weighted by Crippen LogP contribution is -2.22. The van der Waals surface area contributed by atoms with Crippen molar-refractivity contribution in [2.45, 2.75) is 32.2 Å². The van der Waals surface area contributed by atoms with Gasteiger partial charge in [-0.05, 0) is 61.9 Å². The molecule has 1 amide bonds. The molecular weight excluding hydrogens is 394 g/mol. The van der Waals surface area contributed by atoms with Crippen LogP contribution in [0.15, 0.2) is 51.7 Å². The number of rotatable bonds is 7. The van der Waals surface area contributed by atoms with Gasteiger partial charge in [-0.3, -0.25) is 4.79 Å². The van der Waals surface area contributed by atoms with Crippen molar-refractivity contribution in [3.63, 3.8) is 0 Å². The third-order valence-electron chi connectivity index (χ3n) is 5.50. The van der Waals surface area contributed by atoms with E-state index in [1.165, 1.54) is 0 Å².